The van der Waals surface area contributed by atoms with Crippen LogP contribution >= 0.6 is 12.4 Å². The molecule has 2 aliphatic rings. The highest BCUT2D eigenvalue weighted by Gasteiger charge is 2.30. The van der Waals surface area contributed by atoms with E-state index in [4.69, 9.17) is 5.73 Å². The Morgan fingerprint density at radius 2 is 1.85 bits per heavy atom. The van der Waals surface area contributed by atoms with E-state index in [1.807, 2.05) is 11.8 Å². The van der Waals surface area contributed by atoms with E-state index in [1.54, 1.807) is 18.2 Å². The lowest BCUT2D eigenvalue weighted by Crippen LogP contribution is -2.51. The molecule has 1 saturated carbocycles. The van der Waals surface area contributed by atoms with Crippen LogP contribution in [0.4, 0.5) is 0 Å². The fourth-order valence-electron chi connectivity index (χ4n) is 4.05. The zero-order valence-electron chi connectivity index (χ0n) is 15.8. The summed E-state index contributed by atoms with van der Waals surface area (Å²) in [7, 11) is -3.61. The number of carbonyl (C=O) groups excluding carboxylic acids is 1. The Kier molecular flexibility index (Phi) is 7.68. The van der Waals surface area contributed by atoms with Crippen molar-refractivity contribution in [2.75, 3.05) is 6.54 Å². The highest BCUT2D eigenvalue weighted by molar-refractivity contribution is 7.89. The maximum atomic E-state index is 13.0. The number of amides is 1. The van der Waals surface area contributed by atoms with Crippen molar-refractivity contribution < 1.29 is 13.2 Å². The van der Waals surface area contributed by atoms with Crippen LogP contribution in [0.15, 0.2) is 29.2 Å². The number of nitrogens with zero attached hydrogens (tertiary/aromatic N) is 1. The summed E-state index contributed by atoms with van der Waals surface area (Å²) in [5, 5.41) is 0. The smallest absolute Gasteiger partial charge is 0.254 e. The average Bonchev–Trinajstić information content (AvgIpc) is 3.13. The van der Waals surface area contributed by atoms with Crippen LogP contribution in [0.25, 0.3) is 0 Å². The Hall–Kier alpha value is -1.15. The normalized spacial score (nSPS) is 22.3. The van der Waals surface area contributed by atoms with Crippen LogP contribution in [0.3, 0.4) is 0 Å². The zero-order valence-corrected chi connectivity index (χ0v) is 17.4. The lowest BCUT2D eigenvalue weighted by molar-refractivity contribution is 0.0583. The Morgan fingerprint density at radius 1 is 1.19 bits per heavy atom. The van der Waals surface area contributed by atoms with Crippen LogP contribution < -0.4 is 10.5 Å². The van der Waals surface area contributed by atoms with Gasteiger partial charge in [-0.3, -0.25) is 4.79 Å². The van der Waals surface area contributed by atoms with Crippen molar-refractivity contribution >= 4 is 28.3 Å². The van der Waals surface area contributed by atoms with E-state index in [-0.39, 0.29) is 41.3 Å². The van der Waals surface area contributed by atoms with E-state index < -0.39 is 10.0 Å². The van der Waals surface area contributed by atoms with Crippen molar-refractivity contribution in [2.24, 2.45) is 5.73 Å². The van der Waals surface area contributed by atoms with Crippen LogP contribution in [0.5, 0.6) is 0 Å². The number of halogens is 1. The number of hydrogen-bond acceptors (Lipinski definition) is 4. The molecule has 152 valence electrons. The molecule has 0 spiro atoms. The van der Waals surface area contributed by atoms with Crippen molar-refractivity contribution in [3.05, 3.63) is 29.8 Å². The second-order valence-electron chi connectivity index (χ2n) is 7.55. The Balaban J connectivity index is 0.00000261. The predicted octanol–water partition coefficient (Wildman–Crippen LogP) is 2.67. The van der Waals surface area contributed by atoms with Crippen LogP contribution in [0.1, 0.15) is 62.2 Å². The molecule has 1 aromatic rings. The first-order chi connectivity index (χ1) is 12.4. The van der Waals surface area contributed by atoms with Gasteiger partial charge in [0, 0.05) is 30.2 Å². The quantitative estimate of drug-likeness (QED) is 0.773. The maximum absolute atomic E-state index is 13.0. The Labute approximate surface area is 168 Å². The van der Waals surface area contributed by atoms with Gasteiger partial charge in [0.15, 0.2) is 0 Å². The van der Waals surface area contributed by atoms with Gasteiger partial charge in [-0.1, -0.05) is 18.9 Å². The van der Waals surface area contributed by atoms with E-state index in [9.17, 15) is 13.2 Å². The molecule has 0 bridgehead atoms. The molecule has 2 unspecified atom stereocenters. The van der Waals surface area contributed by atoms with Crippen molar-refractivity contribution in [1.29, 1.82) is 0 Å². The molecule has 1 aliphatic carbocycles. The highest BCUT2D eigenvalue weighted by atomic mass is 35.5. The van der Waals surface area contributed by atoms with Gasteiger partial charge in [-0.15, -0.1) is 12.4 Å². The fraction of sp³-hybridized carbons (Fsp3) is 0.632. The van der Waals surface area contributed by atoms with Gasteiger partial charge in [0.2, 0.25) is 10.0 Å². The summed E-state index contributed by atoms with van der Waals surface area (Å²) >= 11 is 0. The average molecular weight is 416 g/mol. The fourth-order valence-corrected chi connectivity index (χ4v) is 5.40. The summed E-state index contributed by atoms with van der Waals surface area (Å²) in [5.41, 5.74) is 6.47. The summed E-state index contributed by atoms with van der Waals surface area (Å²) in [4.78, 5) is 15.0. The van der Waals surface area contributed by atoms with Gasteiger partial charge in [0.05, 0.1) is 4.90 Å². The van der Waals surface area contributed by atoms with Crippen molar-refractivity contribution in [1.82, 2.24) is 9.62 Å². The molecule has 1 aliphatic heterocycles. The SMILES string of the molecule is CC(N)C1CCCCN1C(=O)c1cccc(S(=O)(=O)NC2CCCC2)c1.Cl. The van der Waals surface area contributed by atoms with E-state index >= 15 is 0 Å². The summed E-state index contributed by atoms with van der Waals surface area (Å²) in [5.74, 6) is -0.134. The molecule has 8 heteroatoms. The first-order valence-electron chi connectivity index (χ1n) is 9.57. The first kappa shape index (κ1) is 22.1. The predicted molar refractivity (Wildman–Crippen MR) is 109 cm³/mol. The third-order valence-electron chi connectivity index (χ3n) is 5.49. The molecule has 27 heavy (non-hydrogen) atoms. The molecule has 3 rings (SSSR count). The van der Waals surface area contributed by atoms with Crippen molar-refractivity contribution in [3.8, 4) is 0 Å². The van der Waals surface area contributed by atoms with Crippen molar-refractivity contribution in [2.45, 2.75) is 74.9 Å². The van der Waals surface area contributed by atoms with Gasteiger partial charge in [-0.05, 0) is 57.2 Å². The molecule has 1 aromatic carbocycles. The second-order valence-corrected chi connectivity index (χ2v) is 9.27. The molecular formula is C19H30ClN3O3S. The molecule has 2 atom stereocenters. The summed E-state index contributed by atoms with van der Waals surface area (Å²) in [6.45, 7) is 2.59. The number of benzene rings is 1. The van der Waals surface area contributed by atoms with Crippen LogP contribution in [0, 0.1) is 0 Å². The number of hydrogen-bond donors (Lipinski definition) is 2. The molecule has 1 saturated heterocycles. The van der Waals surface area contributed by atoms with Gasteiger partial charge in [-0.25, -0.2) is 13.1 Å². The van der Waals surface area contributed by atoms with E-state index in [0.717, 1.165) is 44.9 Å². The Morgan fingerprint density at radius 3 is 2.52 bits per heavy atom. The van der Waals surface area contributed by atoms with Crippen molar-refractivity contribution in [3.63, 3.8) is 0 Å². The minimum atomic E-state index is -3.61. The van der Waals surface area contributed by atoms with Crippen LogP contribution in [-0.4, -0.2) is 43.9 Å². The van der Waals surface area contributed by atoms with E-state index in [2.05, 4.69) is 4.72 Å². The minimum Gasteiger partial charge on any atom is -0.334 e. The summed E-state index contributed by atoms with van der Waals surface area (Å²) in [6.07, 6.45) is 6.78. The molecule has 2 fully saturated rings. The van der Waals surface area contributed by atoms with Gasteiger partial charge < -0.3 is 10.6 Å². The van der Waals surface area contributed by atoms with Gasteiger partial charge >= 0.3 is 0 Å². The second kappa shape index (κ2) is 9.37. The number of rotatable bonds is 5. The number of nitrogens with two attached hydrogens (primary N) is 1. The number of nitrogens with one attached hydrogen (secondary N) is 1. The maximum Gasteiger partial charge on any atom is 0.254 e. The third kappa shape index (κ3) is 5.22. The standard InChI is InChI=1S/C19H29N3O3S.ClH/c1-14(20)18-11-4-5-12-22(18)19(23)15-7-6-10-17(13-15)26(24,25)21-16-8-2-3-9-16;/h6-7,10,13-14,16,18,21H,2-5,8-9,11-12,20H2,1H3;1H. The summed E-state index contributed by atoms with van der Waals surface area (Å²) < 4.78 is 28.1. The molecule has 3 N–H and O–H groups in total. The molecule has 1 heterocycles. The minimum absolute atomic E-state index is 0. The zero-order chi connectivity index (χ0) is 18.7. The van der Waals surface area contributed by atoms with E-state index in [0.29, 0.717) is 12.1 Å². The lowest BCUT2D eigenvalue weighted by Gasteiger charge is -2.38. The lowest BCUT2D eigenvalue weighted by atomic mass is 9.96. The molecule has 0 radical (unpaired) electrons. The van der Waals surface area contributed by atoms with Crippen LogP contribution in [0.2, 0.25) is 0 Å². The Bertz CT molecular complexity index is 748. The molecule has 6 nitrogen and oxygen atoms in total. The first-order valence-corrected chi connectivity index (χ1v) is 11.1. The monoisotopic (exact) mass is 415 g/mol. The van der Waals surface area contributed by atoms with Crippen LogP contribution in [-0.2, 0) is 10.0 Å². The molecular weight excluding hydrogens is 386 g/mol. The van der Waals surface area contributed by atoms with Gasteiger partial charge in [-0.2, -0.15) is 0 Å². The number of sulfonamides is 1. The number of carbonyl (C=O) groups is 1. The largest absolute Gasteiger partial charge is 0.334 e. The highest BCUT2D eigenvalue weighted by Crippen LogP contribution is 2.24. The topological polar surface area (TPSA) is 92.5 Å². The van der Waals surface area contributed by atoms with Gasteiger partial charge in [0.1, 0.15) is 0 Å². The third-order valence-corrected chi connectivity index (χ3v) is 7.00. The molecule has 1 amide bonds. The molecule has 0 aromatic heterocycles. The number of piperidine rings is 1. The summed E-state index contributed by atoms with van der Waals surface area (Å²) in [6, 6.07) is 6.28. The number of likely N-dealkylation sites (tertiary alicyclic amines) is 1. The van der Waals surface area contributed by atoms with E-state index in [1.165, 1.54) is 6.07 Å². The van der Waals surface area contributed by atoms with Gasteiger partial charge in [0.25, 0.3) is 5.91 Å².